The first kappa shape index (κ1) is 14.3. The highest BCUT2D eigenvalue weighted by Gasteiger charge is 2.29. The van der Waals surface area contributed by atoms with E-state index in [2.05, 4.69) is 0 Å². The van der Waals surface area contributed by atoms with E-state index in [9.17, 15) is 4.79 Å². The number of alkyl halides is 1. The van der Waals surface area contributed by atoms with E-state index in [0.29, 0.717) is 23.0 Å². The van der Waals surface area contributed by atoms with Crippen LogP contribution in [0.4, 0.5) is 0 Å². The summed E-state index contributed by atoms with van der Waals surface area (Å²) in [6, 6.07) is 8.65. The minimum Gasteiger partial charge on any atom is -0.265 e. The zero-order valence-electron chi connectivity index (χ0n) is 9.82. The Kier molecular flexibility index (Phi) is 5.25. The van der Waals surface area contributed by atoms with Gasteiger partial charge in [0.05, 0.1) is 0 Å². The highest BCUT2D eigenvalue weighted by Crippen LogP contribution is 2.28. The van der Waals surface area contributed by atoms with Gasteiger partial charge in [-0.1, -0.05) is 43.6 Å². The van der Waals surface area contributed by atoms with Crippen molar-refractivity contribution < 1.29 is 9.63 Å². The molecule has 94 valence electrons. The highest BCUT2D eigenvalue weighted by atomic mass is 35.5. The van der Waals surface area contributed by atoms with Crippen LogP contribution in [-0.4, -0.2) is 15.5 Å². The molecule has 0 radical (unpaired) electrons. The minimum absolute atomic E-state index is 0.431. The van der Waals surface area contributed by atoms with Crippen LogP contribution in [0.5, 0.6) is 0 Å². The average molecular weight is 276 g/mol. The molecular weight excluding hydrogens is 261 g/mol. The van der Waals surface area contributed by atoms with Crippen LogP contribution in [0.3, 0.4) is 0 Å². The third kappa shape index (κ3) is 3.87. The topological polar surface area (TPSA) is 29.5 Å². The molecule has 17 heavy (non-hydrogen) atoms. The number of benzene rings is 1. The first-order chi connectivity index (χ1) is 8.02. The number of halogens is 2. The maximum Gasteiger partial charge on any atom is 0.292 e. The van der Waals surface area contributed by atoms with Crippen molar-refractivity contribution in [2.75, 3.05) is 0 Å². The molecule has 0 atom stereocenters. The quantitative estimate of drug-likeness (QED) is 0.462. The van der Waals surface area contributed by atoms with E-state index in [4.69, 9.17) is 28.2 Å². The van der Waals surface area contributed by atoms with Crippen molar-refractivity contribution in [2.24, 2.45) is 0 Å². The summed E-state index contributed by atoms with van der Waals surface area (Å²) in [7, 11) is 0. The number of hydrogen-bond donors (Lipinski definition) is 0. The van der Waals surface area contributed by atoms with Crippen molar-refractivity contribution in [3.05, 3.63) is 35.9 Å². The van der Waals surface area contributed by atoms with Gasteiger partial charge in [-0.05, 0) is 25.0 Å². The molecule has 0 aliphatic rings. The number of hydroxylamine groups is 1. The summed E-state index contributed by atoms with van der Waals surface area (Å²) < 4.78 is 0.676. The molecule has 0 saturated heterocycles. The molecule has 3 nitrogen and oxygen atoms in total. The molecule has 1 amide bonds. The van der Waals surface area contributed by atoms with E-state index < -0.39 is 11.0 Å². The van der Waals surface area contributed by atoms with Gasteiger partial charge in [0.2, 0.25) is 0 Å². The third-order valence-electron chi connectivity index (χ3n) is 2.48. The Hall–Kier alpha value is -0.770. The van der Waals surface area contributed by atoms with Crippen LogP contribution in [0.25, 0.3) is 0 Å². The van der Waals surface area contributed by atoms with Gasteiger partial charge >= 0.3 is 0 Å². The Morgan fingerprint density at radius 3 is 2.29 bits per heavy atom. The molecule has 1 rings (SSSR count). The molecule has 0 fully saturated rings. The van der Waals surface area contributed by atoms with E-state index in [0.717, 1.165) is 0 Å². The van der Waals surface area contributed by atoms with Gasteiger partial charge in [0.25, 0.3) is 5.91 Å². The molecule has 1 aromatic rings. The van der Waals surface area contributed by atoms with Crippen molar-refractivity contribution in [3.63, 3.8) is 0 Å². The Bertz CT molecular complexity index is 366. The molecule has 0 N–H and O–H groups in total. The molecule has 5 heteroatoms. The zero-order chi connectivity index (χ0) is 12.9. The van der Waals surface area contributed by atoms with Crippen LogP contribution in [0.15, 0.2) is 30.3 Å². The summed E-state index contributed by atoms with van der Waals surface area (Å²) in [6.07, 6.45) is 1.10. The summed E-state index contributed by atoms with van der Waals surface area (Å²) in [5.74, 6) is -0.431. The lowest BCUT2D eigenvalue weighted by molar-refractivity contribution is -0.130. The van der Waals surface area contributed by atoms with Crippen molar-refractivity contribution in [1.82, 2.24) is 4.58 Å². The predicted octanol–water partition coefficient (Wildman–Crippen LogP) is 3.97. The lowest BCUT2D eigenvalue weighted by Gasteiger charge is -2.27. The van der Waals surface area contributed by atoms with E-state index in [1.54, 1.807) is 24.3 Å². The summed E-state index contributed by atoms with van der Waals surface area (Å²) >= 11 is 11.9. The maximum absolute atomic E-state index is 11.9. The fourth-order valence-corrected chi connectivity index (χ4v) is 1.58. The van der Waals surface area contributed by atoms with E-state index in [1.807, 2.05) is 19.9 Å². The van der Waals surface area contributed by atoms with Crippen LogP contribution in [-0.2, 0) is 4.84 Å². The Balaban J connectivity index is 2.71. The number of rotatable bonds is 5. The van der Waals surface area contributed by atoms with Gasteiger partial charge in [0.15, 0.2) is 5.06 Å². The average Bonchev–Trinajstić information content (AvgIpc) is 2.38. The molecule has 0 aliphatic heterocycles. The SMILES string of the molecule is CCC(Cl)(CC)ON(Cl)C(=O)c1ccccc1. The summed E-state index contributed by atoms with van der Waals surface area (Å²) in [5, 5.41) is -0.938. The second kappa shape index (κ2) is 6.24. The van der Waals surface area contributed by atoms with Crippen molar-refractivity contribution in [3.8, 4) is 0 Å². The first-order valence-electron chi connectivity index (χ1n) is 5.45. The van der Waals surface area contributed by atoms with Gasteiger partial charge < -0.3 is 0 Å². The van der Waals surface area contributed by atoms with Crippen LogP contribution in [0, 0.1) is 0 Å². The monoisotopic (exact) mass is 275 g/mol. The van der Waals surface area contributed by atoms with Crippen LogP contribution in [0.1, 0.15) is 37.0 Å². The van der Waals surface area contributed by atoms with Gasteiger partial charge in [-0.25, -0.2) is 4.84 Å². The Morgan fingerprint density at radius 1 is 1.29 bits per heavy atom. The van der Waals surface area contributed by atoms with Crippen molar-refractivity contribution in [2.45, 2.75) is 31.7 Å². The first-order valence-corrected chi connectivity index (χ1v) is 6.17. The van der Waals surface area contributed by atoms with Crippen LogP contribution >= 0.6 is 23.4 Å². The Morgan fingerprint density at radius 2 is 1.82 bits per heavy atom. The molecular formula is C12H15Cl2NO2. The van der Waals surface area contributed by atoms with E-state index in [1.165, 1.54) is 0 Å². The van der Waals surface area contributed by atoms with Gasteiger partial charge in [-0.2, -0.15) is 0 Å². The molecule has 1 aromatic carbocycles. The molecule has 0 heterocycles. The molecule has 0 unspecified atom stereocenters. The fraction of sp³-hybridized carbons (Fsp3) is 0.417. The van der Waals surface area contributed by atoms with Gasteiger partial charge in [0, 0.05) is 17.3 Å². The molecule has 0 spiro atoms. The fourth-order valence-electron chi connectivity index (χ4n) is 1.25. The number of carbonyl (C=O) groups is 1. The highest BCUT2D eigenvalue weighted by molar-refractivity contribution is 6.25. The second-order valence-electron chi connectivity index (χ2n) is 3.60. The molecule has 0 aliphatic carbocycles. The maximum atomic E-state index is 11.9. The zero-order valence-corrected chi connectivity index (χ0v) is 11.3. The number of carbonyl (C=O) groups excluding carboxylic acids is 1. The van der Waals surface area contributed by atoms with Crippen LogP contribution in [0.2, 0.25) is 0 Å². The third-order valence-corrected chi connectivity index (χ3v) is 3.31. The Labute approximate surface area is 111 Å². The number of hydrogen-bond acceptors (Lipinski definition) is 2. The minimum atomic E-state index is -0.938. The summed E-state index contributed by atoms with van der Waals surface area (Å²) in [5.41, 5.74) is 0.453. The normalized spacial score (nSPS) is 11.3. The summed E-state index contributed by atoms with van der Waals surface area (Å²) in [4.78, 5) is 17.1. The number of nitrogens with zero attached hydrogens (tertiary/aromatic N) is 1. The van der Waals surface area contributed by atoms with E-state index in [-0.39, 0.29) is 0 Å². The largest absolute Gasteiger partial charge is 0.292 e. The second-order valence-corrected chi connectivity index (χ2v) is 4.59. The lowest BCUT2D eigenvalue weighted by Crippen LogP contribution is -2.34. The smallest absolute Gasteiger partial charge is 0.265 e. The van der Waals surface area contributed by atoms with Crippen LogP contribution < -0.4 is 0 Å². The molecule has 0 bridgehead atoms. The van der Waals surface area contributed by atoms with Crippen molar-refractivity contribution >= 4 is 29.3 Å². The summed E-state index contributed by atoms with van der Waals surface area (Å²) in [6.45, 7) is 3.74. The molecule has 0 aromatic heterocycles. The van der Waals surface area contributed by atoms with Crippen molar-refractivity contribution in [1.29, 1.82) is 0 Å². The van der Waals surface area contributed by atoms with E-state index >= 15 is 0 Å². The van der Waals surface area contributed by atoms with Gasteiger partial charge in [0.1, 0.15) is 0 Å². The number of amides is 1. The van der Waals surface area contributed by atoms with Gasteiger partial charge in [-0.3, -0.25) is 4.79 Å². The molecule has 0 saturated carbocycles. The van der Waals surface area contributed by atoms with Gasteiger partial charge in [-0.15, -0.1) is 4.58 Å². The lowest BCUT2D eigenvalue weighted by atomic mass is 10.2. The predicted molar refractivity (Wildman–Crippen MR) is 68.7 cm³/mol. The standard InChI is InChI=1S/C12H15Cl2NO2/c1-3-12(13,4-2)17-15(14)11(16)10-8-6-5-7-9-10/h5-9H,3-4H2,1-2H3.